The van der Waals surface area contributed by atoms with Crippen molar-refractivity contribution in [2.45, 2.75) is 6.54 Å². The summed E-state index contributed by atoms with van der Waals surface area (Å²) in [5.74, 6) is -0.369. The maximum atomic E-state index is 13.6. The second-order valence-electron chi connectivity index (χ2n) is 5.94. The van der Waals surface area contributed by atoms with Gasteiger partial charge in [0.15, 0.2) is 0 Å². The zero-order chi connectivity index (χ0) is 16.8. The molecule has 0 unspecified atom stereocenters. The Hall–Kier alpha value is -2.46. The molecule has 1 heterocycles. The molecule has 0 aliphatic carbocycles. The minimum atomic E-state index is -0.311. The van der Waals surface area contributed by atoms with Crippen molar-refractivity contribution in [2.24, 2.45) is 0 Å². The monoisotopic (exact) mass is 324 g/mol. The number of hydrogen-bond acceptors (Lipinski definition) is 2. The molecule has 124 valence electrons. The lowest BCUT2D eigenvalue weighted by Crippen LogP contribution is -2.47. The largest absolute Gasteiger partial charge is 0.337 e. The average molecular weight is 324 g/mol. The molecular weight excluding hydrogens is 303 g/mol. The van der Waals surface area contributed by atoms with Crippen LogP contribution in [-0.4, -0.2) is 41.9 Å². The highest BCUT2D eigenvalue weighted by Crippen LogP contribution is 2.11. The van der Waals surface area contributed by atoms with Crippen LogP contribution in [0.25, 0.3) is 6.08 Å². The summed E-state index contributed by atoms with van der Waals surface area (Å²) in [5, 5.41) is 0. The van der Waals surface area contributed by atoms with Gasteiger partial charge in [0, 0.05) is 44.4 Å². The van der Waals surface area contributed by atoms with E-state index in [1.54, 1.807) is 24.3 Å². The van der Waals surface area contributed by atoms with Gasteiger partial charge in [-0.15, -0.1) is 0 Å². The van der Waals surface area contributed by atoms with Gasteiger partial charge in [0.25, 0.3) is 0 Å². The molecule has 0 atom stereocenters. The molecule has 0 bridgehead atoms. The molecule has 4 heteroatoms. The van der Waals surface area contributed by atoms with Crippen molar-refractivity contribution in [3.05, 3.63) is 77.6 Å². The zero-order valence-corrected chi connectivity index (χ0v) is 13.6. The summed E-state index contributed by atoms with van der Waals surface area (Å²) in [5.41, 5.74) is 1.73. The van der Waals surface area contributed by atoms with Crippen LogP contribution in [0.1, 0.15) is 11.1 Å². The van der Waals surface area contributed by atoms with Crippen LogP contribution in [0.3, 0.4) is 0 Å². The molecule has 24 heavy (non-hydrogen) atoms. The number of carbonyl (C=O) groups is 1. The SMILES string of the molecule is O=C(/C=C/c1ccccc1F)N1CCN(Cc2ccccc2)CC1. The second-order valence-corrected chi connectivity index (χ2v) is 5.94. The third kappa shape index (κ3) is 4.30. The predicted octanol–water partition coefficient (Wildman–Crippen LogP) is 3.18. The molecule has 0 N–H and O–H groups in total. The summed E-state index contributed by atoms with van der Waals surface area (Å²) in [7, 11) is 0. The fraction of sp³-hybridized carbons (Fsp3) is 0.250. The molecular formula is C20H21FN2O. The van der Waals surface area contributed by atoms with Crippen molar-refractivity contribution in [3.8, 4) is 0 Å². The maximum absolute atomic E-state index is 13.6. The number of carbonyl (C=O) groups excluding carboxylic acids is 1. The Morgan fingerprint density at radius 3 is 2.33 bits per heavy atom. The van der Waals surface area contributed by atoms with Crippen LogP contribution in [0.4, 0.5) is 4.39 Å². The van der Waals surface area contributed by atoms with E-state index in [4.69, 9.17) is 0 Å². The highest BCUT2D eigenvalue weighted by Gasteiger charge is 2.19. The molecule has 0 aromatic heterocycles. The van der Waals surface area contributed by atoms with Crippen molar-refractivity contribution in [1.82, 2.24) is 9.80 Å². The van der Waals surface area contributed by atoms with Crippen molar-refractivity contribution < 1.29 is 9.18 Å². The lowest BCUT2D eigenvalue weighted by molar-refractivity contribution is -0.127. The van der Waals surface area contributed by atoms with E-state index in [2.05, 4.69) is 17.0 Å². The summed E-state index contributed by atoms with van der Waals surface area (Å²) in [6.07, 6.45) is 3.01. The van der Waals surface area contributed by atoms with Gasteiger partial charge < -0.3 is 4.90 Å². The van der Waals surface area contributed by atoms with Crippen molar-refractivity contribution >= 4 is 12.0 Å². The lowest BCUT2D eigenvalue weighted by atomic mass is 10.2. The van der Waals surface area contributed by atoms with Crippen LogP contribution >= 0.6 is 0 Å². The highest BCUT2D eigenvalue weighted by atomic mass is 19.1. The Kier molecular flexibility index (Phi) is 5.39. The van der Waals surface area contributed by atoms with Crippen LogP contribution in [0.2, 0.25) is 0 Å². The van der Waals surface area contributed by atoms with Crippen molar-refractivity contribution in [2.75, 3.05) is 26.2 Å². The Balaban J connectivity index is 1.51. The molecule has 2 aromatic rings. The molecule has 1 aliphatic rings. The first kappa shape index (κ1) is 16.4. The van der Waals surface area contributed by atoms with Crippen LogP contribution < -0.4 is 0 Å². The summed E-state index contributed by atoms with van der Waals surface area (Å²) in [6.45, 7) is 4.02. The Morgan fingerprint density at radius 1 is 0.958 bits per heavy atom. The van der Waals surface area contributed by atoms with E-state index >= 15 is 0 Å². The third-order valence-electron chi connectivity index (χ3n) is 4.24. The van der Waals surface area contributed by atoms with Crippen molar-refractivity contribution in [1.29, 1.82) is 0 Å². The van der Waals surface area contributed by atoms with Crippen LogP contribution in [-0.2, 0) is 11.3 Å². The molecule has 1 amide bonds. The van der Waals surface area contributed by atoms with Gasteiger partial charge in [-0.05, 0) is 17.7 Å². The van der Waals surface area contributed by atoms with Gasteiger partial charge in [-0.3, -0.25) is 9.69 Å². The van der Waals surface area contributed by atoms with E-state index in [0.29, 0.717) is 18.7 Å². The third-order valence-corrected chi connectivity index (χ3v) is 4.24. The molecule has 2 aromatic carbocycles. The standard InChI is InChI=1S/C20H21FN2O/c21-19-9-5-4-8-18(19)10-11-20(24)23-14-12-22(13-15-23)16-17-6-2-1-3-7-17/h1-11H,12-16H2/b11-10+. The topological polar surface area (TPSA) is 23.6 Å². The summed E-state index contributed by atoms with van der Waals surface area (Å²) in [6, 6.07) is 16.8. The number of halogens is 1. The number of hydrogen-bond donors (Lipinski definition) is 0. The van der Waals surface area contributed by atoms with Crippen LogP contribution in [0.15, 0.2) is 60.7 Å². The number of nitrogens with zero attached hydrogens (tertiary/aromatic N) is 2. The predicted molar refractivity (Wildman–Crippen MR) is 93.7 cm³/mol. The normalized spacial score (nSPS) is 15.8. The number of piperazine rings is 1. The smallest absolute Gasteiger partial charge is 0.246 e. The van der Waals surface area contributed by atoms with Crippen LogP contribution in [0, 0.1) is 5.82 Å². The first-order valence-electron chi connectivity index (χ1n) is 8.20. The quantitative estimate of drug-likeness (QED) is 0.807. The molecule has 1 saturated heterocycles. The number of benzene rings is 2. The molecule has 1 aliphatic heterocycles. The molecule has 0 spiro atoms. The first-order chi connectivity index (χ1) is 11.7. The minimum absolute atomic E-state index is 0.0578. The highest BCUT2D eigenvalue weighted by molar-refractivity contribution is 5.91. The van der Waals surface area contributed by atoms with E-state index in [9.17, 15) is 9.18 Å². The average Bonchev–Trinajstić information content (AvgIpc) is 2.62. The summed E-state index contributed by atoms with van der Waals surface area (Å²) in [4.78, 5) is 16.4. The van der Waals surface area contributed by atoms with E-state index in [1.165, 1.54) is 17.7 Å². The molecule has 3 rings (SSSR count). The van der Waals surface area contributed by atoms with E-state index in [0.717, 1.165) is 19.6 Å². The van der Waals surface area contributed by atoms with Gasteiger partial charge >= 0.3 is 0 Å². The van der Waals surface area contributed by atoms with E-state index in [-0.39, 0.29) is 11.7 Å². The Morgan fingerprint density at radius 2 is 1.62 bits per heavy atom. The maximum Gasteiger partial charge on any atom is 0.246 e. The molecule has 1 fully saturated rings. The van der Waals surface area contributed by atoms with Gasteiger partial charge in [-0.2, -0.15) is 0 Å². The summed E-state index contributed by atoms with van der Waals surface area (Å²) < 4.78 is 13.6. The number of rotatable bonds is 4. The lowest BCUT2D eigenvalue weighted by Gasteiger charge is -2.34. The fourth-order valence-electron chi connectivity index (χ4n) is 2.84. The Bertz CT molecular complexity index is 707. The Labute approximate surface area is 142 Å². The molecule has 0 saturated carbocycles. The van der Waals surface area contributed by atoms with Gasteiger partial charge in [-0.1, -0.05) is 48.5 Å². The number of amides is 1. The zero-order valence-electron chi connectivity index (χ0n) is 13.6. The first-order valence-corrected chi connectivity index (χ1v) is 8.20. The molecule has 0 radical (unpaired) electrons. The fourth-order valence-corrected chi connectivity index (χ4v) is 2.84. The van der Waals surface area contributed by atoms with Crippen molar-refractivity contribution in [3.63, 3.8) is 0 Å². The molecule has 3 nitrogen and oxygen atoms in total. The van der Waals surface area contributed by atoms with Gasteiger partial charge in [0.1, 0.15) is 5.82 Å². The second kappa shape index (κ2) is 7.88. The minimum Gasteiger partial charge on any atom is -0.337 e. The van der Waals surface area contributed by atoms with Gasteiger partial charge in [0.05, 0.1) is 0 Å². The summed E-state index contributed by atoms with van der Waals surface area (Å²) >= 11 is 0. The van der Waals surface area contributed by atoms with Gasteiger partial charge in [-0.25, -0.2) is 4.39 Å². The van der Waals surface area contributed by atoms with E-state index < -0.39 is 0 Å². The van der Waals surface area contributed by atoms with E-state index in [1.807, 2.05) is 23.1 Å². The van der Waals surface area contributed by atoms with Crippen LogP contribution in [0.5, 0.6) is 0 Å². The van der Waals surface area contributed by atoms with Gasteiger partial charge in [0.2, 0.25) is 5.91 Å².